The van der Waals surface area contributed by atoms with Gasteiger partial charge in [-0.3, -0.25) is 0 Å². The lowest BCUT2D eigenvalue weighted by molar-refractivity contribution is 0.00578. The van der Waals surface area contributed by atoms with Gasteiger partial charge in [0.25, 0.3) is 0 Å². The Kier molecular flexibility index (Phi) is 5.32. The van der Waals surface area contributed by atoms with Gasteiger partial charge in [0.2, 0.25) is 0 Å². The van der Waals surface area contributed by atoms with E-state index in [0.717, 1.165) is 6.32 Å². The monoisotopic (exact) mass is 350 g/mol. The van der Waals surface area contributed by atoms with Gasteiger partial charge >= 0.3 is 7.12 Å². The predicted octanol–water partition coefficient (Wildman–Crippen LogP) is 6.03. The molecule has 1 aliphatic heterocycles. The molecule has 2 nitrogen and oxygen atoms in total. The second-order valence-corrected chi connectivity index (χ2v) is 8.67. The summed E-state index contributed by atoms with van der Waals surface area (Å²) in [5.41, 5.74) is 3.50. The van der Waals surface area contributed by atoms with Crippen molar-refractivity contribution >= 4 is 7.12 Å². The van der Waals surface area contributed by atoms with Crippen LogP contribution in [0.3, 0.4) is 0 Å². The Morgan fingerprint density at radius 2 is 1.27 bits per heavy atom. The molecule has 138 valence electrons. The highest BCUT2D eigenvalue weighted by Gasteiger charge is 2.51. The lowest BCUT2D eigenvalue weighted by Gasteiger charge is -2.32. The van der Waals surface area contributed by atoms with Gasteiger partial charge in [0.1, 0.15) is 0 Å². The van der Waals surface area contributed by atoms with Crippen molar-refractivity contribution in [3.05, 3.63) is 71.3 Å². The van der Waals surface area contributed by atoms with Gasteiger partial charge < -0.3 is 9.31 Å². The van der Waals surface area contributed by atoms with Crippen LogP contribution < -0.4 is 0 Å². The minimum Gasteiger partial charge on any atom is -0.403 e. The largest absolute Gasteiger partial charge is 0.458 e. The summed E-state index contributed by atoms with van der Waals surface area (Å²) in [7, 11) is -0.203. The maximum atomic E-state index is 6.32. The topological polar surface area (TPSA) is 18.5 Å². The summed E-state index contributed by atoms with van der Waals surface area (Å²) in [6.45, 7) is 13.0. The molecule has 3 rings (SSSR count). The van der Waals surface area contributed by atoms with Crippen LogP contribution in [0.2, 0.25) is 6.32 Å². The van der Waals surface area contributed by atoms with Crippen LogP contribution in [0.4, 0.5) is 0 Å². The molecule has 0 unspecified atom stereocenters. The van der Waals surface area contributed by atoms with E-state index >= 15 is 0 Å². The lowest BCUT2D eigenvalue weighted by atomic mass is 9.70. The van der Waals surface area contributed by atoms with Crippen molar-refractivity contribution in [2.45, 2.75) is 70.9 Å². The second kappa shape index (κ2) is 7.21. The van der Waals surface area contributed by atoms with Crippen LogP contribution in [0.5, 0.6) is 0 Å². The van der Waals surface area contributed by atoms with E-state index in [9.17, 15) is 0 Å². The quantitative estimate of drug-likeness (QED) is 0.613. The highest BCUT2D eigenvalue weighted by atomic mass is 16.7. The molecule has 1 atom stereocenters. The predicted molar refractivity (Wildman–Crippen MR) is 110 cm³/mol. The van der Waals surface area contributed by atoms with E-state index in [1.54, 1.807) is 0 Å². The van der Waals surface area contributed by atoms with E-state index in [0.29, 0.717) is 5.92 Å². The van der Waals surface area contributed by atoms with Gasteiger partial charge in [-0.1, -0.05) is 68.4 Å². The first kappa shape index (κ1) is 19.2. The summed E-state index contributed by atoms with van der Waals surface area (Å²) in [5.74, 6) is 0.736. The van der Waals surface area contributed by atoms with Gasteiger partial charge in [0, 0.05) is 5.92 Å². The molecule has 0 radical (unpaired) electrons. The minimum absolute atomic E-state index is 0.203. The Hall–Kier alpha value is -1.58. The molecule has 0 aromatic heterocycles. The first-order valence-electron chi connectivity index (χ1n) is 9.70. The third-order valence-corrected chi connectivity index (χ3v) is 5.93. The second-order valence-electron chi connectivity index (χ2n) is 8.67. The molecule has 0 N–H and O–H groups in total. The van der Waals surface area contributed by atoms with Gasteiger partial charge in [0.15, 0.2) is 0 Å². The molecule has 0 spiro atoms. The van der Waals surface area contributed by atoms with Crippen molar-refractivity contribution in [1.29, 1.82) is 0 Å². The van der Waals surface area contributed by atoms with Crippen molar-refractivity contribution in [2.24, 2.45) is 0 Å². The molecule has 3 heteroatoms. The maximum absolute atomic E-state index is 6.32. The van der Waals surface area contributed by atoms with Crippen LogP contribution in [0.1, 0.15) is 70.1 Å². The molecule has 2 aromatic rings. The average molecular weight is 350 g/mol. The Labute approximate surface area is 159 Å². The van der Waals surface area contributed by atoms with Gasteiger partial charge in [0.05, 0.1) is 11.2 Å². The van der Waals surface area contributed by atoms with E-state index in [1.165, 1.54) is 16.7 Å². The summed E-state index contributed by atoms with van der Waals surface area (Å²) < 4.78 is 12.6. The maximum Gasteiger partial charge on any atom is 0.458 e. The van der Waals surface area contributed by atoms with Crippen molar-refractivity contribution < 1.29 is 9.31 Å². The standard InChI is InChI=1S/C23H31BO2/c1-17(2)19-14-10-11-15-20(19)21(18-12-8-7-9-13-18)16-24-25-22(3,4)23(5,6)26-24/h7-15,17,21H,16H2,1-6H3/t21-/m1/s1. The van der Waals surface area contributed by atoms with E-state index in [1.807, 2.05) is 0 Å². The molecule has 1 saturated heterocycles. The van der Waals surface area contributed by atoms with Crippen LogP contribution in [0.15, 0.2) is 54.6 Å². The van der Waals surface area contributed by atoms with E-state index < -0.39 is 0 Å². The molecule has 0 saturated carbocycles. The summed E-state index contributed by atoms with van der Waals surface area (Å²) in [4.78, 5) is 0. The third-order valence-electron chi connectivity index (χ3n) is 5.93. The Morgan fingerprint density at radius 3 is 1.81 bits per heavy atom. The molecule has 0 amide bonds. The molecular formula is C23H31BO2. The third kappa shape index (κ3) is 3.75. The van der Waals surface area contributed by atoms with Crippen LogP contribution in [-0.2, 0) is 9.31 Å². The molecule has 26 heavy (non-hydrogen) atoms. The number of benzene rings is 2. The van der Waals surface area contributed by atoms with Crippen molar-refractivity contribution in [1.82, 2.24) is 0 Å². The first-order chi connectivity index (χ1) is 12.2. The lowest BCUT2D eigenvalue weighted by Crippen LogP contribution is -2.41. The smallest absolute Gasteiger partial charge is 0.403 e. The van der Waals surface area contributed by atoms with Crippen molar-refractivity contribution in [3.63, 3.8) is 0 Å². The summed E-state index contributed by atoms with van der Waals surface area (Å²) in [6.07, 6.45) is 0.820. The fourth-order valence-electron chi connectivity index (χ4n) is 3.74. The minimum atomic E-state index is -0.295. The highest BCUT2D eigenvalue weighted by molar-refractivity contribution is 6.45. The van der Waals surface area contributed by atoms with E-state index in [4.69, 9.17) is 9.31 Å². The normalized spacial score (nSPS) is 19.7. The fraction of sp³-hybridized carbons (Fsp3) is 0.478. The van der Waals surface area contributed by atoms with Crippen LogP contribution in [-0.4, -0.2) is 18.3 Å². The zero-order valence-corrected chi connectivity index (χ0v) is 17.0. The van der Waals surface area contributed by atoms with E-state index in [2.05, 4.69) is 96.1 Å². The number of rotatable bonds is 5. The summed E-state index contributed by atoms with van der Waals surface area (Å²) in [5, 5.41) is 0. The van der Waals surface area contributed by atoms with Gasteiger partial charge in [-0.2, -0.15) is 0 Å². The average Bonchev–Trinajstić information content (AvgIpc) is 2.80. The molecule has 0 aliphatic carbocycles. The molecular weight excluding hydrogens is 319 g/mol. The van der Waals surface area contributed by atoms with Gasteiger partial charge in [-0.25, -0.2) is 0 Å². The van der Waals surface area contributed by atoms with Crippen molar-refractivity contribution in [2.75, 3.05) is 0 Å². The summed E-state index contributed by atoms with van der Waals surface area (Å²) in [6, 6.07) is 19.5. The van der Waals surface area contributed by atoms with Gasteiger partial charge in [-0.05, 0) is 56.6 Å². The summed E-state index contributed by atoms with van der Waals surface area (Å²) >= 11 is 0. The molecule has 1 heterocycles. The Morgan fingerprint density at radius 1 is 0.769 bits per heavy atom. The number of hydrogen-bond donors (Lipinski definition) is 0. The van der Waals surface area contributed by atoms with Crippen LogP contribution in [0, 0.1) is 0 Å². The van der Waals surface area contributed by atoms with Gasteiger partial charge in [-0.15, -0.1) is 0 Å². The Bertz CT molecular complexity index is 721. The SMILES string of the molecule is CC(C)c1ccccc1[C@H](CB1OC(C)(C)C(C)(C)O1)c1ccccc1. The highest BCUT2D eigenvalue weighted by Crippen LogP contribution is 2.42. The van der Waals surface area contributed by atoms with Crippen LogP contribution >= 0.6 is 0 Å². The zero-order valence-electron chi connectivity index (χ0n) is 17.0. The van der Waals surface area contributed by atoms with Crippen LogP contribution in [0.25, 0.3) is 0 Å². The Balaban J connectivity index is 1.97. The molecule has 1 fully saturated rings. The molecule has 2 aromatic carbocycles. The number of hydrogen-bond acceptors (Lipinski definition) is 2. The fourth-order valence-corrected chi connectivity index (χ4v) is 3.74. The molecule has 0 bridgehead atoms. The molecule has 1 aliphatic rings. The van der Waals surface area contributed by atoms with Crippen molar-refractivity contribution in [3.8, 4) is 0 Å². The first-order valence-corrected chi connectivity index (χ1v) is 9.70. The zero-order chi connectivity index (χ0) is 18.9. The van der Waals surface area contributed by atoms with E-state index in [-0.39, 0.29) is 24.2 Å².